The van der Waals surface area contributed by atoms with Crippen molar-refractivity contribution in [3.63, 3.8) is 0 Å². The van der Waals surface area contributed by atoms with Crippen LogP contribution >= 0.6 is 7.82 Å². The van der Waals surface area contributed by atoms with Crippen LogP contribution in [0.4, 0.5) is 0 Å². The van der Waals surface area contributed by atoms with Gasteiger partial charge < -0.3 is 24.6 Å². The summed E-state index contributed by atoms with van der Waals surface area (Å²) in [7, 11) is -4.69. The second kappa shape index (κ2) is 6.34. The Kier molecular flexibility index (Phi) is 4.51. The van der Waals surface area contributed by atoms with E-state index >= 15 is 0 Å². The highest BCUT2D eigenvalue weighted by atomic mass is 31.2. The Hall–Kier alpha value is -2.06. The molecule has 0 unspecified atom stereocenters. The standard InChI is InChI=1S/C13H15N4O7P/c1-2-8-15-12-9(13(20)16-8)14-5-17(12)7-3-6(10(18)11(7)19)4-24-25(21,22)23/h1,5-7,10-11,18-19H,3-4H2,(H,15,16,20)(H2,21,22,23)/t6-,7-,10-,11+/m1/s1. The molecule has 0 amide bonds. The fraction of sp³-hybridized carbons (Fsp3) is 0.462. The molecule has 0 spiro atoms. The highest BCUT2D eigenvalue weighted by Crippen LogP contribution is 2.41. The number of fused-ring (bicyclic) bond motifs is 1. The van der Waals surface area contributed by atoms with Crippen LogP contribution in [0.2, 0.25) is 0 Å². The first-order valence-corrected chi connectivity index (χ1v) is 8.74. The normalized spacial score (nSPS) is 26.8. The van der Waals surface area contributed by atoms with Crippen molar-refractivity contribution < 1.29 is 29.1 Å². The molecule has 4 atom stereocenters. The van der Waals surface area contributed by atoms with Crippen LogP contribution in [0.25, 0.3) is 11.2 Å². The first-order valence-electron chi connectivity index (χ1n) is 7.21. The van der Waals surface area contributed by atoms with Gasteiger partial charge in [-0.15, -0.1) is 6.42 Å². The topological polar surface area (TPSA) is 171 Å². The SMILES string of the molecule is C#Cc1nc2c(ncn2[C@@H]2C[C@H](COP(=O)(O)O)[C@@H](O)[C@H]2O)c(=O)[nH]1. The third-order valence-electron chi connectivity index (χ3n) is 4.15. The highest BCUT2D eigenvalue weighted by molar-refractivity contribution is 7.46. The molecule has 12 heteroatoms. The second-order valence-electron chi connectivity index (χ2n) is 5.71. The second-order valence-corrected chi connectivity index (χ2v) is 6.95. The van der Waals surface area contributed by atoms with Gasteiger partial charge in [0.05, 0.1) is 25.1 Å². The van der Waals surface area contributed by atoms with Gasteiger partial charge in [-0.2, -0.15) is 0 Å². The zero-order chi connectivity index (χ0) is 18.4. The number of phosphoric acid groups is 1. The first kappa shape index (κ1) is 17.8. The van der Waals surface area contributed by atoms with Crippen LogP contribution in [0.15, 0.2) is 11.1 Å². The molecular weight excluding hydrogens is 355 g/mol. The maximum atomic E-state index is 11.9. The maximum Gasteiger partial charge on any atom is 0.469 e. The minimum atomic E-state index is -4.69. The molecule has 1 saturated carbocycles. The third kappa shape index (κ3) is 3.36. The number of phosphoric ester groups is 1. The van der Waals surface area contributed by atoms with Gasteiger partial charge in [-0.05, 0) is 12.3 Å². The number of nitrogens with zero attached hydrogens (tertiary/aromatic N) is 3. The molecule has 0 radical (unpaired) electrons. The van der Waals surface area contributed by atoms with E-state index in [1.54, 1.807) is 0 Å². The number of hydrogen-bond donors (Lipinski definition) is 5. The number of terminal acetylenes is 1. The molecule has 1 aliphatic rings. The molecule has 0 aromatic carbocycles. The van der Waals surface area contributed by atoms with Crippen LogP contribution in [0, 0.1) is 18.3 Å². The summed E-state index contributed by atoms with van der Waals surface area (Å²) >= 11 is 0. The van der Waals surface area contributed by atoms with Crippen molar-refractivity contribution in [1.82, 2.24) is 19.5 Å². The summed E-state index contributed by atoms with van der Waals surface area (Å²) in [6, 6.07) is -0.717. The van der Waals surface area contributed by atoms with E-state index < -0.39 is 44.2 Å². The van der Waals surface area contributed by atoms with Crippen molar-refractivity contribution in [3.05, 3.63) is 22.5 Å². The van der Waals surface area contributed by atoms with Crippen molar-refractivity contribution in [1.29, 1.82) is 0 Å². The summed E-state index contributed by atoms with van der Waals surface area (Å²) in [6.45, 7) is -0.435. The fourth-order valence-electron chi connectivity index (χ4n) is 2.97. The van der Waals surface area contributed by atoms with Crippen LogP contribution in [0.1, 0.15) is 18.3 Å². The number of imidazole rings is 1. The van der Waals surface area contributed by atoms with E-state index in [4.69, 9.17) is 16.2 Å². The van der Waals surface area contributed by atoms with E-state index in [0.717, 1.165) is 0 Å². The smallest absolute Gasteiger partial charge is 0.390 e. The Labute approximate surface area is 140 Å². The van der Waals surface area contributed by atoms with Gasteiger partial charge in [0.1, 0.15) is 6.10 Å². The first-order chi connectivity index (χ1) is 11.7. The van der Waals surface area contributed by atoms with Gasteiger partial charge in [0.2, 0.25) is 0 Å². The Morgan fingerprint density at radius 2 is 2.16 bits per heavy atom. The van der Waals surface area contributed by atoms with Gasteiger partial charge in [-0.3, -0.25) is 14.3 Å². The number of rotatable bonds is 4. The zero-order valence-corrected chi connectivity index (χ0v) is 13.6. The molecule has 134 valence electrons. The average Bonchev–Trinajstić information content (AvgIpc) is 3.08. The summed E-state index contributed by atoms with van der Waals surface area (Å²) in [6.07, 6.45) is 4.13. The van der Waals surface area contributed by atoms with Crippen molar-refractivity contribution in [2.24, 2.45) is 5.92 Å². The van der Waals surface area contributed by atoms with Crippen LogP contribution in [0.5, 0.6) is 0 Å². The minimum Gasteiger partial charge on any atom is -0.390 e. The number of hydrogen-bond acceptors (Lipinski definition) is 7. The van der Waals surface area contributed by atoms with Gasteiger partial charge in [-0.1, -0.05) is 0 Å². The Bertz CT molecular complexity index is 942. The average molecular weight is 370 g/mol. The predicted octanol–water partition coefficient (Wildman–Crippen LogP) is -1.51. The van der Waals surface area contributed by atoms with E-state index in [0.29, 0.717) is 0 Å². The van der Waals surface area contributed by atoms with Crippen LogP contribution in [0.3, 0.4) is 0 Å². The lowest BCUT2D eigenvalue weighted by molar-refractivity contribution is -0.00374. The van der Waals surface area contributed by atoms with E-state index in [1.165, 1.54) is 10.9 Å². The zero-order valence-electron chi connectivity index (χ0n) is 12.7. The number of aliphatic hydroxyl groups excluding tert-OH is 2. The van der Waals surface area contributed by atoms with Crippen LogP contribution < -0.4 is 5.56 Å². The fourth-order valence-corrected chi connectivity index (χ4v) is 3.36. The van der Waals surface area contributed by atoms with Crippen molar-refractivity contribution >= 4 is 19.0 Å². The summed E-state index contributed by atoms with van der Waals surface area (Å²) in [5, 5.41) is 20.4. The number of aliphatic hydroxyl groups is 2. The van der Waals surface area contributed by atoms with E-state index in [-0.39, 0.29) is 23.4 Å². The van der Waals surface area contributed by atoms with Gasteiger partial charge in [0.25, 0.3) is 5.56 Å². The maximum absolute atomic E-state index is 11.9. The summed E-state index contributed by atoms with van der Waals surface area (Å²) in [5.41, 5.74) is -0.369. The molecule has 5 N–H and O–H groups in total. The molecule has 3 rings (SSSR count). The molecular formula is C13H15N4O7P. The summed E-state index contributed by atoms with van der Waals surface area (Å²) in [5.74, 6) is 1.48. The largest absolute Gasteiger partial charge is 0.469 e. The lowest BCUT2D eigenvalue weighted by atomic mass is 10.1. The summed E-state index contributed by atoms with van der Waals surface area (Å²) in [4.78, 5) is 39.9. The monoisotopic (exact) mass is 370 g/mol. The minimum absolute atomic E-state index is 0.00586. The molecule has 25 heavy (non-hydrogen) atoms. The van der Waals surface area contributed by atoms with Crippen molar-refractivity contribution in [2.75, 3.05) is 6.61 Å². The molecule has 0 aliphatic heterocycles. The van der Waals surface area contributed by atoms with Crippen molar-refractivity contribution in [2.45, 2.75) is 24.7 Å². The number of H-pyrrole nitrogens is 1. The van der Waals surface area contributed by atoms with Crippen LogP contribution in [-0.4, -0.2) is 58.3 Å². The molecule has 11 nitrogen and oxygen atoms in total. The lowest BCUT2D eigenvalue weighted by Gasteiger charge is -2.18. The Balaban J connectivity index is 1.93. The molecule has 0 saturated heterocycles. The summed E-state index contributed by atoms with van der Waals surface area (Å²) < 4.78 is 16.6. The van der Waals surface area contributed by atoms with Crippen molar-refractivity contribution in [3.8, 4) is 12.3 Å². The van der Waals surface area contributed by atoms with Gasteiger partial charge in [-0.25, -0.2) is 14.5 Å². The lowest BCUT2D eigenvalue weighted by Crippen LogP contribution is -2.30. The molecule has 2 aromatic rings. The molecule has 0 bridgehead atoms. The molecule has 2 heterocycles. The number of nitrogens with one attached hydrogen (secondary N) is 1. The van der Waals surface area contributed by atoms with Gasteiger partial charge in [0, 0.05) is 5.92 Å². The molecule has 1 fully saturated rings. The molecule has 1 aliphatic carbocycles. The molecule has 2 aromatic heterocycles. The quantitative estimate of drug-likeness (QED) is 0.317. The van der Waals surface area contributed by atoms with Gasteiger partial charge in [0.15, 0.2) is 17.0 Å². The Morgan fingerprint density at radius 3 is 2.80 bits per heavy atom. The Morgan fingerprint density at radius 1 is 1.44 bits per heavy atom. The van der Waals surface area contributed by atoms with E-state index in [2.05, 4.69) is 25.4 Å². The number of aromatic amines is 1. The number of aromatic nitrogens is 4. The highest BCUT2D eigenvalue weighted by Gasteiger charge is 2.43. The van der Waals surface area contributed by atoms with Crippen LogP contribution in [-0.2, 0) is 9.09 Å². The van der Waals surface area contributed by atoms with E-state index in [9.17, 15) is 19.6 Å². The predicted molar refractivity (Wildman–Crippen MR) is 83.2 cm³/mol. The van der Waals surface area contributed by atoms with E-state index in [1.807, 2.05) is 0 Å². The third-order valence-corrected chi connectivity index (χ3v) is 4.64. The van der Waals surface area contributed by atoms with Gasteiger partial charge >= 0.3 is 7.82 Å².